The number of hydrogen-bond donors (Lipinski definition) is 1. The first-order valence-corrected chi connectivity index (χ1v) is 5.76. The van der Waals surface area contributed by atoms with Gasteiger partial charge in [0.15, 0.2) is 11.4 Å². The van der Waals surface area contributed by atoms with Crippen molar-refractivity contribution < 1.29 is 4.52 Å². The summed E-state index contributed by atoms with van der Waals surface area (Å²) < 4.78 is 5.20. The number of hydrogen-bond acceptors (Lipinski definition) is 3. The average molecular weight is 218 g/mol. The minimum absolute atomic E-state index is 0.204. The first-order chi connectivity index (χ1) is 7.60. The standard InChI is InChI=1S/C13H18N2O/c1-4-13(3,5-2)9-6-7-10-11(8-9)16-15-12(10)14/h6-8H,4-5H2,1-3H3,(H2,14,15). The first kappa shape index (κ1) is 11.0. The quantitative estimate of drug-likeness (QED) is 0.858. The monoisotopic (exact) mass is 218 g/mol. The van der Waals surface area contributed by atoms with E-state index in [1.165, 1.54) is 5.56 Å². The third-order valence-corrected chi connectivity index (χ3v) is 3.76. The van der Waals surface area contributed by atoms with Crippen molar-refractivity contribution in [3.8, 4) is 0 Å². The topological polar surface area (TPSA) is 52.0 Å². The van der Waals surface area contributed by atoms with Gasteiger partial charge in [-0.1, -0.05) is 32.0 Å². The molecule has 0 fully saturated rings. The number of anilines is 1. The van der Waals surface area contributed by atoms with Gasteiger partial charge in [-0.15, -0.1) is 0 Å². The molecule has 0 saturated carbocycles. The van der Waals surface area contributed by atoms with E-state index in [-0.39, 0.29) is 5.41 Å². The van der Waals surface area contributed by atoms with Crippen molar-refractivity contribution in [3.05, 3.63) is 23.8 Å². The third kappa shape index (κ3) is 1.56. The fourth-order valence-corrected chi connectivity index (χ4v) is 1.99. The summed E-state index contributed by atoms with van der Waals surface area (Å²) in [7, 11) is 0. The molecule has 0 aliphatic rings. The maximum atomic E-state index is 5.70. The highest BCUT2D eigenvalue weighted by molar-refractivity contribution is 5.87. The zero-order valence-corrected chi connectivity index (χ0v) is 10.1. The van der Waals surface area contributed by atoms with Gasteiger partial charge in [0, 0.05) is 0 Å². The molecular weight excluding hydrogens is 200 g/mol. The van der Waals surface area contributed by atoms with Crippen LogP contribution in [0, 0.1) is 0 Å². The molecule has 1 aromatic heterocycles. The molecule has 0 atom stereocenters. The van der Waals surface area contributed by atoms with Crippen molar-refractivity contribution in [2.45, 2.75) is 39.0 Å². The number of nitrogens with zero attached hydrogens (tertiary/aromatic N) is 1. The van der Waals surface area contributed by atoms with Crippen LogP contribution in [-0.4, -0.2) is 5.16 Å². The fourth-order valence-electron chi connectivity index (χ4n) is 1.99. The van der Waals surface area contributed by atoms with Gasteiger partial charge in [0.2, 0.25) is 0 Å². The maximum absolute atomic E-state index is 5.70. The summed E-state index contributed by atoms with van der Waals surface area (Å²) in [5.41, 5.74) is 7.97. The Morgan fingerprint density at radius 2 is 2.00 bits per heavy atom. The van der Waals surface area contributed by atoms with Crippen molar-refractivity contribution in [3.63, 3.8) is 0 Å². The molecule has 3 nitrogen and oxygen atoms in total. The number of fused-ring (bicyclic) bond motifs is 1. The Kier molecular flexibility index (Phi) is 2.62. The Morgan fingerprint density at radius 3 is 2.62 bits per heavy atom. The number of rotatable bonds is 3. The molecule has 0 aliphatic heterocycles. The van der Waals surface area contributed by atoms with Gasteiger partial charge in [-0.05, 0) is 36.0 Å². The number of nitrogen functional groups attached to an aromatic ring is 1. The highest BCUT2D eigenvalue weighted by Gasteiger charge is 2.23. The van der Waals surface area contributed by atoms with Crippen LogP contribution in [0.1, 0.15) is 39.2 Å². The summed E-state index contributed by atoms with van der Waals surface area (Å²) in [6.45, 7) is 6.69. The molecule has 2 aromatic rings. The van der Waals surface area contributed by atoms with Crippen molar-refractivity contribution in [2.24, 2.45) is 0 Å². The smallest absolute Gasteiger partial charge is 0.174 e. The lowest BCUT2D eigenvalue weighted by atomic mass is 9.78. The lowest BCUT2D eigenvalue weighted by Gasteiger charge is -2.27. The average Bonchev–Trinajstić information content (AvgIpc) is 2.69. The normalized spacial score (nSPS) is 12.2. The molecule has 3 heteroatoms. The molecule has 0 aliphatic carbocycles. The van der Waals surface area contributed by atoms with Crippen molar-refractivity contribution >= 4 is 16.8 Å². The Labute approximate surface area is 95.6 Å². The minimum Gasteiger partial charge on any atom is -0.380 e. The zero-order chi connectivity index (χ0) is 11.8. The van der Waals surface area contributed by atoms with Crippen LogP contribution in [0.15, 0.2) is 22.7 Å². The van der Waals surface area contributed by atoms with E-state index in [1.54, 1.807) is 0 Å². The highest BCUT2D eigenvalue weighted by Crippen LogP contribution is 2.33. The van der Waals surface area contributed by atoms with Crippen LogP contribution in [0.3, 0.4) is 0 Å². The van der Waals surface area contributed by atoms with E-state index in [4.69, 9.17) is 10.3 Å². The number of nitrogens with two attached hydrogens (primary N) is 1. The van der Waals surface area contributed by atoms with Crippen molar-refractivity contribution in [1.29, 1.82) is 0 Å². The summed E-state index contributed by atoms with van der Waals surface area (Å²) in [5.74, 6) is 0.469. The zero-order valence-electron chi connectivity index (χ0n) is 10.1. The van der Waals surface area contributed by atoms with E-state index >= 15 is 0 Å². The molecule has 1 aromatic carbocycles. The summed E-state index contributed by atoms with van der Waals surface area (Å²) in [6.07, 6.45) is 2.22. The predicted molar refractivity (Wildman–Crippen MR) is 66.4 cm³/mol. The van der Waals surface area contributed by atoms with Crippen molar-refractivity contribution in [1.82, 2.24) is 5.16 Å². The van der Waals surface area contributed by atoms with E-state index in [1.807, 2.05) is 6.07 Å². The van der Waals surface area contributed by atoms with E-state index in [9.17, 15) is 0 Å². The maximum Gasteiger partial charge on any atom is 0.174 e. The minimum atomic E-state index is 0.204. The Bertz CT molecular complexity index is 498. The lowest BCUT2D eigenvalue weighted by Crippen LogP contribution is -2.19. The Hall–Kier alpha value is -1.51. The molecular formula is C13H18N2O. The SMILES string of the molecule is CCC(C)(CC)c1ccc2c(N)noc2c1. The van der Waals surface area contributed by atoms with Crippen LogP contribution in [0.2, 0.25) is 0 Å². The van der Waals surface area contributed by atoms with Gasteiger partial charge in [-0.3, -0.25) is 0 Å². The summed E-state index contributed by atoms with van der Waals surface area (Å²) in [5, 5.41) is 4.67. The lowest BCUT2D eigenvalue weighted by molar-refractivity contribution is 0.434. The van der Waals surface area contributed by atoms with Crippen molar-refractivity contribution in [2.75, 3.05) is 5.73 Å². The summed E-state index contributed by atoms with van der Waals surface area (Å²) in [4.78, 5) is 0. The van der Waals surface area contributed by atoms with Crippen LogP contribution in [0.5, 0.6) is 0 Å². The van der Waals surface area contributed by atoms with E-state index in [0.29, 0.717) is 5.82 Å². The fraction of sp³-hybridized carbons (Fsp3) is 0.462. The van der Waals surface area contributed by atoms with Gasteiger partial charge in [-0.2, -0.15) is 0 Å². The van der Waals surface area contributed by atoms with Crippen LogP contribution in [-0.2, 0) is 5.41 Å². The molecule has 0 bridgehead atoms. The predicted octanol–water partition coefficient (Wildman–Crippen LogP) is 3.49. The summed E-state index contributed by atoms with van der Waals surface area (Å²) >= 11 is 0. The van der Waals surface area contributed by atoms with Gasteiger partial charge >= 0.3 is 0 Å². The second kappa shape index (κ2) is 3.81. The van der Waals surface area contributed by atoms with E-state index in [0.717, 1.165) is 23.8 Å². The van der Waals surface area contributed by atoms with Crippen LogP contribution in [0.4, 0.5) is 5.82 Å². The molecule has 86 valence electrons. The van der Waals surface area contributed by atoms with E-state index in [2.05, 4.69) is 38.1 Å². The van der Waals surface area contributed by atoms with Crippen LogP contribution >= 0.6 is 0 Å². The van der Waals surface area contributed by atoms with Gasteiger partial charge in [0.25, 0.3) is 0 Å². The molecule has 0 radical (unpaired) electrons. The van der Waals surface area contributed by atoms with E-state index < -0.39 is 0 Å². The third-order valence-electron chi connectivity index (χ3n) is 3.76. The second-order valence-electron chi connectivity index (χ2n) is 4.55. The molecule has 0 saturated heterocycles. The molecule has 0 spiro atoms. The molecule has 2 rings (SSSR count). The van der Waals surface area contributed by atoms with Gasteiger partial charge in [0.1, 0.15) is 0 Å². The largest absolute Gasteiger partial charge is 0.380 e. The number of benzene rings is 1. The molecule has 2 N–H and O–H groups in total. The molecule has 0 unspecified atom stereocenters. The second-order valence-corrected chi connectivity index (χ2v) is 4.55. The van der Waals surface area contributed by atoms with Gasteiger partial charge in [0.05, 0.1) is 5.39 Å². The first-order valence-electron chi connectivity index (χ1n) is 5.76. The molecule has 1 heterocycles. The van der Waals surface area contributed by atoms with Gasteiger partial charge in [-0.25, -0.2) is 0 Å². The molecule has 0 amide bonds. The Balaban J connectivity index is 2.54. The highest BCUT2D eigenvalue weighted by atomic mass is 16.5. The Morgan fingerprint density at radius 1 is 1.31 bits per heavy atom. The van der Waals surface area contributed by atoms with Gasteiger partial charge < -0.3 is 10.3 Å². The molecule has 16 heavy (non-hydrogen) atoms. The van der Waals surface area contributed by atoms with Crippen LogP contribution < -0.4 is 5.73 Å². The summed E-state index contributed by atoms with van der Waals surface area (Å²) in [6, 6.07) is 6.19. The number of aromatic nitrogens is 1. The van der Waals surface area contributed by atoms with Crippen LogP contribution in [0.25, 0.3) is 11.0 Å².